The average molecular weight is 334 g/mol. The quantitative estimate of drug-likeness (QED) is 0.437. The molecular formula is C17H18O7. The molecule has 1 aliphatic rings. The molecule has 0 saturated carbocycles. The number of epoxide rings is 1. The maximum absolute atomic E-state index is 12.1. The molecule has 0 aliphatic carbocycles. The summed E-state index contributed by atoms with van der Waals surface area (Å²) in [5, 5.41) is 9.43. The fourth-order valence-electron chi connectivity index (χ4n) is 2.02. The standard InChI is InChI=1S/C17H18O7/c1-10(2)16(20)22-7-6-11-4-3-5-13(14(11)15(18)19)17(21)24-9-12-8-23-12/h3-5,12H,1,6-9H2,2H3,(H,18,19). The van der Waals surface area contributed by atoms with E-state index in [0.29, 0.717) is 12.2 Å². The number of carboxylic acid groups (broad SMARTS) is 1. The zero-order valence-corrected chi connectivity index (χ0v) is 13.2. The van der Waals surface area contributed by atoms with Crippen molar-refractivity contribution in [2.45, 2.75) is 19.4 Å². The Morgan fingerprint density at radius 1 is 1.33 bits per heavy atom. The lowest BCUT2D eigenvalue weighted by atomic mass is 9.99. The van der Waals surface area contributed by atoms with Crippen LogP contribution in [0.2, 0.25) is 0 Å². The highest BCUT2D eigenvalue weighted by Crippen LogP contribution is 2.18. The van der Waals surface area contributed by atoms with Gasteiger partial charge in [-0.3, -0.25) is 0 Å². The predicted molar refractivity (Wildman–Crippen MR) is 82.9 cm³/mol. The summed E-state index contributed by atoms with van der Waals surface area (Å²) in [6, 6.07) is 4.52. The smallest absolute Gasteiger partial charge is 0.339 e. The second kappa shape index (κ2) is 7.74. The summed E-state index contributed by atoms with van der Waals surface area (Å²) in [6.07, 6.45) is 0.0556. The molecular weight excluding hydrogens is 316 g/mol. The number of aromatic carboxylic acids is 1. The SMILES string of the molecule is C=C(C)C(=O)OCCc1cccc(C(=O)OCC2CO2)c1C(=O)O. The lowest BCUT2D eigenvalue weighted by Crippen LogP contribution is -2.17. The van der Waals surface area contributed by atoms with E-state index in [1.807, 2.05) is 0 Å². The van der Waals surface area contributed by atoms with E-state index >= 15 is 0 Å². The molecule has 128 valence electrons. The van der Waals surface area contributed by atoms with E-state index in [-0.39, 0.29) is 42.4 Å². The van der Waals surface area contributed by atoms with E-state index in [9.17, 15) is 19.5 Å². The zero-order valence-electron chi connectivity index (χ0n) is 13.2. The van der Waals surface area contributed by atoms with Gasteiger partial charge in [-0.25, -0.2) is 14.4 Å². The van der Waals surface area contributed by atoms with Crippen LogP contribution in [0.15, 0.2) is 30.4 Å². The molecule has 7 heteroatoms. The summed E-state index contributed by atoms with van der Waals surface area (Å²) in [5.74, 6) is -2.51. The Morgan fingerprint density at radius 3 is 2.62 bits per heavy atom. The number of ether oxygens (including phenoxy) is 3. The van der Waals surface area contributed by atoms with Crippen molar-refractivity contribution >= 4 is 17.9 Å². The Balaban J connectivity index is 2.10. The average Bonchev–Trinajstić information content (AvgIpc) is 3.36. The van der Waals surface area contributed by atoms with E-state index in [1.54, 1.807) is 12.1 Å². The van der Waals surface area contributed by atoms with Crippen molar-refractivity contribution in [3.05, 3.63) is 47.0 Å². The Hall–Kier alpha value is -2.67. The molecule has 1 heterocycles. The first-order valence-corrected chi connectivity index (χ1v) is 7.36. The summed E-state index contributed by atoms with van der Waals surface area (Å²) in [5.41, 5.74) is 0.458. The summed E-state index contributed by atoms with van der Waals surface area (Å²) in [7, 11) is 0. The number of rotatable bonds is 8. The minimum Gasteiger partial charge on any atom is -0.478 e. The number of hydrogen-bond donors (Lipinski definition) is 1. The molecule has 1 fully saturated rings. The first-order chi connectivity index (χ1) is 11.4. The third-order valence-electron chi connectivity index (χ3n) is 3.34. The van der Waals surface area contributed by atoms with Crippen LogP contribution < -0.4 is 0 Å². The molecule has 1 atom stereocenters. The van der Waals surface area contributed by atoms with Gasteiger partial charge < -0.3 is 19.3 Å². The molecule has 24 heavy (non-hydrogen) atoms. The van der Waals surface area contributed by atoms with Crippen LogP contribution in [0.25, 0.3) is 0 Å². The van der Waals surface area contributed by atoms with Crippen molar-refractivity contribution in [2.24, 2.45) is 0 Å². The van der Waals surface area contributed by atoms with Gasteiger partial charge >= 0.3 is 17.9 Å². The van der Waals surface area contributed by atoms with E-state index in [1.165, 1.54) is 13.0 Å². The van der Waals surface area contributed by atoms with E-state index in [0.717, 1.165) is 0 Å². The van der Waals surface area contributed by atoms with Crippen molar-refractivity contribution in [3.63, 3.8) is 0 Å². The van der Waals surface area contributed by atoms with Gasteiger partial charge in [0.1, 0.15) is 12.7 Å². The van der Waals surface area contributed by atoms with Gasteiger partial charge in [-0.15, -0.1) is 0 Å². The lowest BCUT2D eigenvalue weighted by molar-refractivity contribution is -0.138. The van der Waals surface area contributed by atoms with Crippen LogP contribution in [0, 0.1) is 0 Å². The van der Waals surface area contributed by atoms with Crippen LogP contribution in [0.3, 0.4) is 0 Å². The molecule has 7 nitrogen and oxygen atoms in total. The summed E-state index contributed by atoms with van der Waals surface area (Å²) < 4.78 is 15.0. The largest absolute Gasteiger partial charge is 0.478 e. The normalized spacial score (nSPS) is 15.5. The molecule has 1 N–H and O–H groups in total. The molecule has 0 spiro atoms. The van der Waals surface area contributed by atoms with E-state index < -0.39 is 17.9 Å². The number of carboxylic acids is 1. The number of carbonyl (C=O) groups is 3. The predicted octanol–water partition coefficient (Wildman–Crippen LogP) is 1.60. The Kier molecular flexibility index (Phi) is 5.70. The highest BCUT2D eigenvalue weighted by atomic mass is 16.6. The lowest BCUT2D eigenvalue weighted by Gasteiger charge is -2.11. The van der Waals surface area contributed by atoms with Crippen molar-refractivity contribution < 1.29 is 33.7 Å². The summed E-state index contributed by atoms with van der Waals surface area (Å²) >= 11 is 0. The van der Waals surface area contributed by atoms with Crippen molar-refractivity contribution in [1.29, 1.82) is 0 Å². The molecule has 1 aliphatic heterocycles. The first kappa shape index (κ1) is 17.7. The van der Waals surface area contributed by atoms with E-state index in [4.69, 9.17) is 14.2 Å². The van der Waals surface area contributed by atoms with Gasteiger partial charge in [0.05, 0.1) is 24.3 Å². The number of esters is 2. The monoisotopic (exact) mass is 334 g/mol. The van der Waals surface area contributed by atoms with Gasteiger partial charge in [0, 0.05) is 12.0 Å². The summed E-state index contributed by atoms with van der Waals surface area (Å²) in [4.78, 5) is 35.0. The fourth-order valence-corrected chi connectivity index (χ4v) is 2.02. The van der Waals surface area contributed by atoms with Crippen LogP contribution in [-0.2, 0) is 25.4 Å². The Morgan fingerprint density at radius 2 is 2.04 bits per heavy atom. The molecule has 2 rings (SSSR count). The third kappa shape index (κ3) is 4.66. The van der Waals surface area contributed by atoms with Crippen LogP contribution in [0.1, 0.15) is 33.2 Å². The minimum atomic E-state index is -1.24. The molecule has 0 radical (unpaired) electrons. The van der Waals surface area contributed by atoms with Crippen LogP contribution in [0.5, 0.6) is 0 Å². The van der Waals surface area contributed by atoms with Gasteiger partial charge in [0.25, 0.3) is 0 Å². The molecule has 1 aromatic rings. The van der Waals surface area contributed by atoms with Gasteiger partial charge in [-0.1, -0.05) is 18.7 Å². The van der Waals surface area contributed by atoms with Crippen molar-refractivity contribution in [1.82, 2.24) is 0 Å². The van der Waals surface area contributed by atoms with Crippen molar-refractivity contribution in [2.75, 3.05) is 19.8 Å². The number of benzene rings is 1. The van der Waals surface area contributed by atoms with Crippen LogP contribution >= 0.6 is 0 Å². The second-order valence-corrected chi connectivity index (χ2v) is 5.36. The second-order valence-electron chi connectivity index (χ2n) is 5.36. The highest BCUT2D eigenvalue weighted by molar-refractivity contribution is 6.03. The Labute approximate surface area is 138 Å². The summed E-state index contributed by atoms with van der Waals surface area (Å²) in [6.45, 7) is 5.60. The van der Waals surface area contributed by atoms with Gasteiger partial charge in [0.15, 0.2) is 0 Å². The number of carbonyl (C=O) groups excluding carboxylic acids is 2. The third-order valence-corrected chi connectivity index (χ3v) is 3.34. The fraction of sp³-hybridized carbons (Fsp3) is 0.353. The van der Waals surface area contributed by atoms with Crippen LogP contribution in [0.4, 0.5) is 0 Å². The highest BCUT2D eigenvalue weighted by Gasteiger charge is 2.26. The molecule has 1 saturated heterocycles. The topological polar surface area (TPSA) is 102 Å². The van der Waals surface area contributed by atoms with Crippen molar-refractivity contribution in [3.8, 4) is 0 Å². The van der Waals surface area contributed by atoms with Gasteiger partial charge in [0.2, 0.25) is 0 Å². The first-order valence-electron chi connectivity index (χ1n) is 7.36. The maximum Gasteiger partial charge on any atom is 0.339 e. The van der Waals surface area contributed by atoms with Gasteiger partial charge in [-0.05, 0) is 18.6 Å². The zero-order chi connectivity index (χ0) is 17.7. The Bertz CT molecular complexity index is 674. The van der Waals surface area contributed by atoms with E-state index in [2.05, 4.69) is 6.58 Å². The molecule has 0 bridgehead atoms. The molecule has 1 aromatic carbocycles. The maximum atomic E-state index is 12.1. The van der Waals surface area contributed by atoms with Crippen LogP contribution in [-0.4, -0.2) is 48.9 Å². The molecule has 0 aromatic heterocycles. The minimum absolute atomic E-state index is 0.0135. The number of hydrogen-bond acceptors (Lipinski definition) is 6. The van der Waals surface area contributed by atoms with Gasteiger partial charge in [-0.2, -0.15) is 0 Å². The molecule has 1 unspecified atom stereocenters. The molecule has 0 amide bonds.